The fourth-order valence-electron chi connectivity index (χ4n) is 5.71. The molecular formula is C25H27F3N6O5. The van der Waals surface area contributed by atoms with Crippen molar-refractivity contribution in [2.24, 2.45) is 27.6 Å². The van der Waals surface area contributed by atoms with E-state index in [1.807, 2.05) is 0 Å². The van der Waals surface area contributed by atoms with Crippen LogP contribution in [0.3, 0.4) is 0 Å². The molecule has 0 radical (unpaired) electrons. The smallest absolute Gasteiger partial charge is 0.403 e. The molecule has 14 heteroatoms. The van der Waals surface area contributed by atoms with Crippen LogP contribution in [0.1, 0.15) is 39.1 Å². The molecule has 1 aliphatic carbocycles. The molecule has 1 aromatic heterocycles. The molecule has 2 saturated heterocycles. The van der Waals surface area contributed by atoms with Crippen LogP contribution in [0.15, 0.2) is 41.8 Å². The summed E-state index contributed by atoms with van der Waals surface area (Å²) in [6.07, 6.45) is -2.19. The molecule has 39 heavy (non-hydrogen) atoms. The van der Waals surface area contributed by atoms with Crippen molar-refractivity contribution < 1.29 is 37.5 Å². The number of esters is 1. The second-order valence-corrected chi connectivity index (χ2v) is 10.4. The van der Waals surface area contributed by atoms with E-state index >= 15 is 0 Å². The predicted octanol–water partition coefficient (Wildman–Crippen LogP) is 1.71. The monoisotopic (exact) mass is 548 g/mol. The summed E-state index contributed by atoms with van der Waals surface area (Å²) in [4.78, 5) is 40.7. The lowest BCUT2D eigenvalue weighted by Gasteiger charge is -2.51. The molecule has 3 heterocycles. The molecule has 1 saturated carbocycles. The van der Waals surface area contributed by atoms with Gasteiger partial charge in [0.05, 0.1) is 31.0 Å². The number of oxime groups is 1. The lowest BCUT2D eigenvalue weighted by atomic mass is 9.70. The first kappa shape index (κ1) is 26.5. The van der Waals surface area contributed by atoms with E-state index < -0.39 is 40.7 Å². The van der Waals surface area contributed by atoms with Gasteiger partial charge in [0.1, 0.15) is 11.3 Å². The highest BCUT2D eigenvalue weighted by Crippen LogP contribution is 2.60. The second-order valence-electron chi connectivity index (χ2n) is 10.4. The van der Waals surface area contributed by atoms with Crippen molar-refractivity contribution in [3.8, 4) is 0 Å². The zero-order chi connectivity index (χ0) is 28.2. The average Bonchev–Trinajstić information content (AvgIpc) is 3.44. The number of alkyl halides is 3. The standard InChI is InChI=1S/C25H27F3N6O5/c1-39-21(36)17-5-3-2-4-15(17)9-34-10-16(8-30-34)20(35)32-11-18(19(29)31-38)23(12-32)13-33(14-23)22(37)24(6-7-24)25(26,27)28/h2-5,8,10,18,38H,6-7,9,11-14H2,1H3,(H2,29,31). The van der Waals surface area contributed by atoms with Crippen LogP contribution in [-0.4, -0.2) is 87.9 Å². The Balaban J connectivity index is 1.30. The van der Waals surface area contributed by atoms with Crippen molar-refractivity contribution in [1.29, 1.82) is 0 Å². The van der Waals surface area contributed by atoms with Crippen molar-refractivity contribution in [3.05, 3.63) is 53.3 Å². The van der Waals surface area contributed by atoms with Crippen LogP contribution in [0.2, 0.25) is 0 Å². The van der Waals surface area contributed by atoms with Crippen molar-refractivity contribution >= 4 is 23.6 Å². The Labute approximate surface area is 221 Å². The molecule has 2 amide bonds. The lowest BCUT2D eigenvalue weighted by molar-refractivity contribution is -0.204. The predicted molar refractivity (Wildman–Crippen MR) is 129 cm³/mol. The Morgan fingerprint density at radius 3 is 2.46 bits per heavy atom. The Morgan fingerprint density at radius 2 is 1.85 bits per heavy atom. The quantitative estimate of drug-likeness (QED) is 0.184. The minimum Gasteiger partial charge on any atom is -0.465 e. The maximum Gasteiger partial charge on any atom is 0.403 e. The van der Waals surface area contributed by atoms with Gasteiger partial charge < -0.3 is 25.5 Å². The van der Waals surface area contributed by atoms with Crippen LogP contribution in [0, 0.1) is 16.7 Å². The normalized spacial score (nSPS) is 21.5. The van der Waals surface area contributed by atoms with Crippen LogP contribution in [0.5, 0.6) is 0 Å². The van der Waals surface area contributed by atoms with Gasteiger partial charge in [-0.15, -0.1) is 0 Å². The van der Waals surface area contributed by atoms with Crippen LogP contribution < -0.4 is 5.73 Å². The number of halogens is 3. The molecule has 1 aromatic carbocycles. The van der Waals surface area contributed by atoms with E-state index in [1.54, 1.807) is 24.3 Å². The van der Waals surface area contributed by atoms with E-state index in [0.717, 1.165) is 4.90 Å². The van der Waals surface area contributed by atoms with Crippen molar-refractivity contribution in [2.75, 3.05) is 33.3 Å². The van der Waals surface area contributed by atoms with Crippen LogP contribution >= 0.6 is 0 Å². The molecule has 11 nitrogen and oxygen atoms in total. The highest BCUT2D eigenvalue weighted by atomic mass is 19.4. The largest absolute Gasteiger partial charge is 0.465 e. The number of methoxy groups -OCH3 is 1. The van der Waals surface area contributed by atoms with Crippen molar-refractivity contribution in [1.82, 2.24) is 19.6 Å². The van der Waals surface area contributed by atoms with Gasteiger partial charge in [-0.1, -0.05) is 23.4 Å². The zero-order valence-electron chi connectivity index (χ0n) is 21.0. The number of amides is 2. The molecule has 2 aliphatic heterocycles. The summed E-state index contributed by atoms with van der Waals surface area (Å²) in [6.45, 7) is 0.326. The Hall–Kier alpha value is -4.10. The van der Waals surface area contributed by atoms with Gasteiger partial charge in [-0.3, -0.25) is 14.3 Å². The van der Waals surface area contributed by atoms with E-state index in [4.69, 9.17) is 10.5 Å². The van der Waals surface area contributed by atoms with Gasteiger partial charge in [-0.2, -0.15) is 18.3 Å². The summed E-state index contributed by atoms with van der Waals surface area (Å²) in [5.74, 6) is -2.64. The highest BCUT2D eigenvalue weighted by molar-refractivity contribution is 5.95. The summed E-state index contributed by atoms with van der Waals surface area (Å²) in [5, 5.41) is 16.6. The summed E-state index contributed by atoms with van der Waals surface area (Å²) in [7, 11) is 1.28. The molecule has 3 aliphatic rings. The fraction of sp³-hybridized carbons (Fsp3) is 0.480. The molecule has 3 fully saturated rings. The van der Waals surface area contributed by atoms with Crippen LogP contribution in [0.4, 0.5) is 13.2 Å². The van der Waals surface area contributed by atoms with Gasteiger partial charge in [-0.25, -0.2) is 4.79 Å². The molecule has 1 spiro atoms. The Bertz CT molecular complexity index is 1350. The van der Waals surface area contributed by atoms with E-state index in [2.05, 4.69) is 10.3 Å². The molecule has 2 aromatic rings. The van der Waals surface area contributed by atoms with Crippen molar-refractivity contribution in [2.45, 2.75) is 25.6 Å². The first-order chi connectivity index (χ1) is 18.4. The SMILES string of the molecule is COC(=O)c1ccccc1Cn1cc(C(=O)N2CC(/C(N)=N\O)C3(C2)CN(C(=O)C2(C(F)(F)F)CC2)C3)cn1. The van der Waals surface area contributed by atoms with E-state index in [9.17, 15) is 32.8 Å². The lowest BCUT2D eigenvalue weighted by Crippen LogP contribution is -2.65. The molecular weight excluding hydrogens is 521 g/mol. The highest BCUT2D eigenvalue weighted by Gasteiger charge is 2.71. The third-order valence-electron chi connectivity index (χ3n) is 8.04. The van der Waals surface area contributed by atoms with Crippen LogP contribution in [0.25, 0.3) is 0 Å². The van der Waals surface area contributed by atoms with Gasteiger partial charge in [0.25, 0.3) is 5.91 Å². The zero-order valence-corrected chi connectivity index (χ0v) is 21.0. The number of likely N-dealkylation sites (tertiary alicyclic amines) is 2. The minimum absolute atomic E-state index is 0.0299. The van der Waals surface area contributed by atoms with Gasteiger partial charge in [0.15, 0.2) is 0 Å². The molecule has 1 atom stereocenters. The summed E-state index contributed by atoms with van der Waals surface area (Å²) in [5.41, 5.74) is 4.04. The van der Waals surface area contributed by atoms with E-state index in [-0.39, 0.29) is 57.0 Å². The molecule has 1 unspecified atom stereocenters. The number of hydrogen-bond donors (Lipinski definition) is 2. The molecule has 0 bridgehead atoms. The summed E-state index contributed by atoms with van der Waals surface area (Å²) in [6, 6.07) is 6.84. The number of aromatic nitrogens is 2. The number of hydrogen-bond acceptors (Lipinski definition) is 7. The Morgan fingerprint density at radius 1 is 1.18 bits per heavy atom. The number of benzene rings is 1. The Kier molecular flexibility index (Phi) is 6.30. The van der Waals surface area contributed by atoms with Gasteiger partial charge in [-0.05, 0) is 24.5 Å². The van der Waals surface area contributed by atoms with Gasteiger partial charge in [0, 0.05) is 43.7 Å². The molecule has 3 N–H and O–H groups in total. The number of carbonyl (C=O) groups is 3. The molecule has 5 rings (SSSR count). The number of ether oxygens (including phenoxy) is 1. The number of amidine groups is 1. The number of carbonyl (C=O) groups excluding carboxylic acids is 3. The number of nitrogens with two attached hydrogens (primary N) is 1. The summed E-state index contributed by atoms with van der Waals surface area (Å²) >= 11 is 0. The van der Waals surface area contributed by atoms with E-state index in [1.165, 1.54) is 29.1 Å². The minimum atomic E-state index is -4.62. The maximum absolute atomic E-state index is 13.5. The van der Waals surface area contributed by atoms with Gasteiger partial charge in [0.2, 0.25) is 5.91 Å². The number of rotatable bonds is 6. The topological polar surface area (TPSA) is 143 Å². The average molecular weight is 549 g/mol. The van der Waals surface area contributed by atoms with E-state index in [0.29, 0.717) is 11.1 Å². The first-order valence-electron chi connectivity index (χ1n) is 12.3. The van der Waals surface area contributed by atoms with Crippen LogP contribution in [-0.2, 0) is 16.1 Å². The van der Waals surface area contributed by atoms with Crippen molar-refractivity contribution in [3.63, 3.8) is 0 Å². The summed E-state index contributed by atoms with van der Waals surface area (Å²) < 4.78 is 46.7. The second kappa shape index (κ2) is 9.27. The third-order valence-corrected chi connectivity index (χ3v) is 8.04. The number of nitrogens with zero attached hydrogens (tertiary/aromatic N) is 5. The maximum atomic E-state index is 13.5. The first-order valence-corrected chi connectivity index (χ1v) is 12.3. The van der Waals surface area contributed by atoms with Gasteiger partial charge >= 0.3 is 12.1 Å². The third kappa shape index (κ3) is 4.36. The fourth-order valence-corrected chi connectivity index (χ4v) is 5.71. The molecule has 208 valence electrons.